The molecular weight excluding hydrogens is 428 g/mol. The Labute approximate surface area is 173 Å². The highest BCUT2D eigenvalue weighted by Gasteiger charge is 2.24. The van der Waals surface area contributed by atoms with E-state index >= 15 is 0 Å². The van der Waals surface area contributed by atoms with E-state index in [1.54, 1.807) is 19.9 Å². The van der Waals surface area contributed by atoms with E-state index in [0.29, 0.717) is 24.5 Å². The molecule has 2 aromatic rings. The van der Waals surface area contributed by atoms with Crippen LogP contribution in [0.3, 0.4) is 0 Å². The van der Waals surface area contributed by atoms with E-state index < -0.39 is 21.7 Å². The van der Waals surface area contributed by atoms with Crippen molar-refractivity contribution in [1.29, 1.82) is 0 Å². The van der Waals surface area contributed by atoms with Gasteiger partial charge in [0.1, 0.15) is 10.7 Å². The number of rotatable bonds is 8. The topological polar surface area (TPSA) is 78.5 Å². The summed E-state index contributed by atoms with van der Waals surface area (Å²) in [6.07, 6.45) is 0. The predicted molar refractivity (Wildman–Crippen MR) is 110 cm³/mol. The van der Waals surface area contributed by atoms with E-state index in [4.69, 9.17) is 23.2 Å². The molecule has 0 radical (unpaired) electrons. The number of nitrogens with zero attached hydrogens (tertiary/aromatic N) is 1. The Bertz CT molecular complexity index is 967. The van der Waals surface area contributed by atoms with Gasteiger partial charge in [0.15, 0.2) is 0 Å². The van der Waals surface area contributed by atoms with Gasteiger partial charge in [0.05, 0.1) is 16.6 Å². The van der Waals surface area contributed by atoms with E-state index in [9.17, 15) is 17.6 Å². The van der Waals surface area contributed by atoms with Gasteiger partial charge in [-0.3, -0.25) is 4.79 Å². The minimum atomic E-state index is -3.74. The Morgan fingerprint density at radius 1 is 1.04 bits per heavy atom. The number of halogens is 3. The maximum atomic E-state index is 13.2. The molecule has 0 bridgehead atoms. The molecule has 0 aromatic heterocycles. The monoisotopic (exact) mass is 447 g/mol. The fraction of sp³-hybridized carbons (Fsp3) is 0.278. The number of carbonyl (C=O) groups excluding carboxylic acids is 1. The Morgan fingerprint density at radius 2 is 1.68 bits per heavy atom. The second-order valence-corrected chi connectivity index (χ2v) is 8.49. The number of nitrogens with one attached hydrogen (secondary N) is 2. The lowest BCUT2D eigenvalue weighted by Gasteiger charge is -2.20. The normalized spacial score (nSPS) is 11.5. The quantitative estimate of drug-likeness (QED) is 0.634. The second-order valence-electron chi connectivity index (χ2n) is 5.77. The van der Waals surface area contributed by atoms with Gasteiger partial charge in [-0.25, -0.2) is 12.8 Å². The van der Waals surface area contributed by atoms with Crippen LogP contribution >= 0.6 is 23.2 Å². The fourth-order valence-electron chi connectivity index (χ4n) is 2.48. The summed E-state index contributed by atoms with van der Waals surface area (Å²) in [5.74, 6) is -0.994. The van der Waals surface area contributed by atoms with Crippen LogP contribution in [0.5, 0.6) is 0 Å². The Balaban J connectivity index is 2.10. The molecule has 6 nitrogen and oxygen atoms in total. The van der Waals surface area contributed by atoms with Gasteiger partial charge < -0.3 is 10.6 Å². The summed E-state index contributed by atoms with van der Waals surface area (Å²) in [4.78, 5) is 12.0. The van der Waals surface area contributed by atoms with Gasteiger partial charge in [-0.2, -0.15) is 4.31 Å². The van der Waals surface area contributed by atoms with E-state index in [2.05, 4.69) is 10.6 Å². The highest BCUT2D eigenvalue weighted by molar-refractivity contribution is 7.89. The van der Waals surface area contributed by atoms with E-state index in [-0.39, 0.29) is 21.5 Å². The van der Waals surface area contributed by atoms with Crippen LogP contribution in [0.25, 0.3) is 0 Å². The second kappa shape index (κ2) is 9.56. The molecule has 0 aliphatic rings. The molecule has 28 heavy (non-hydrogen) atoms. The van der Waals surface area contributed by atoms with Crippen molar-refractivity contribution >= 4 is 50.5 Å². The third-order valence-electron chi connectivity index (χ3n) is 3.91. The highest BCUT2D eigenvalue weighted by Crippen LogP contribution is 2.27. The average Bonchev–Trinajstić information content (AvgIpc) is 2.64. The molecule has 0 heterocycles. The SMILES string of the molecule is CCN(CC)S(=O)(=O)c1cc(NCC(=O)Nc2ccc(F)c(Cl)c2)ccc1Cl. The fourth-order valence-corrected chi connectivity index (χ4v) is 4.61. The molecule has 1 amide bonds. The predicted octanol–water partition coefficient (Wildman–Crippen LogP) is 4.21. The van der Waals surface area contributed by atoms with Crippen molar-refractivity contribution in [2.75, 3.05) is 30.3 Å². The van der Waals surface area contributed by atoms with Crippen molar-refractivity contribution in [2.24, 2.45) is 0 Å². The number of sulfonamides is 1. The molecule has 0 spiro atoms. The zero-order valence-corrected chi connectivity index (χ0v) is 17.6. The summed E-state index contributed by atoms with van der Waals surface area (Å²) >= 11 is 11.8. The summed E-state index contributed by atoms with van der Waals surface area (Å²) in [7, 11) is -3.74. The van der Waals surface area contributed by atoms with Crippen molar-refractivity contribution in [3.05, 3.63) is 52.3 Å². The van der Waals surface area contributed by atoms with Crippen LogP contribution in [-0.2, 0) is 14.8 Å². The van der Waals surface area contributed by atoms with Gasteiger partial charge in [-0.05, 0) is 36.4 Å². The van der Waals surface area contributed by atoms with Crippen molar-refractivity contribution in [3.63, 3.8) is 0 Å². The molecule has 0 saturated heterocycles. The summed E-state index contributed by atoms with van der Waals surface area (Å²) in [6, 6.07) is 8.25. The summed E-state index contributed by atoms with van der Waals surface area (Å²) in [5, 5.41) is 5.41. The first-order valence-electron chi connectivity index (χ1n) is 8.47. The van der Waals surface area contributed by atoms with Crippen LogP contribution in [0.15, 0.2) is 41.3 Å². The zero-order valence-electron chi connectivity index (χ0n) is 15.3. The Hall–Kier alpha value is -1.87. The first-order chi connectivity index (χ1) is 13.2. The number of hydrogen-bond acceptors (Lipinski definition) is 4. The van der Waals surface area contributed by atoms with E-state index in [0.717, 1.165) is 6.07 Å². The summed E-state index contributed by atoms with van der Waals surface area (Å²) < 4.78 is 39.8. The molecule has 0 saturated carbocycles. The van der Waals surface area contributed by atoms with Crippen molar-refractivity contribution in [2.45, 2.75) is 18.7 Å². The van der Waals surface area contributed by atoms with Crippen molar-refractivity contribution in [1.82, 2.24) is 4.31 Å². The van der Waals surface area contributed by atoms with Crippen LogP contribution in [0, 0.1) is 5.82 Å². The van der Waals surface area contributed by atoms with Crippen LogP contribution < -0.4 is 10.6 Å². The molecule has 2 aromatic carbocycles. The van der Waals surface area contributed by atoms with Crippen LogP contribution in [0.1, 0.15) is 13.8 Å². The number of benzene rings is 2. The minimum Gasteiger partial charge on any atom is -0.376 e. The zero-order chi connectivity index (χ0) is 20.9. The lowest BCUT2D eigenvalue weighted by molar-refractivity contribution is -0.114. The standard InChI is InChI=1S/C18H20Cl2FN3O3S/c1-3-24(4-2)28(26,27)17-10-12(5-7-14(17)19)22-11-18(25)23-13-6-8-16(21)15(20)9-13/h5-10,22H,3-4,11H2,1-2H3,(H,23,25). The van der Waals surface area contributed by atoms with E-state index in [1.807, 2.05) is 0 Å². The molecule has 2 N–H and O–H groups in total. The van der Waals surface area contributed by atoms with Crippen LogP contribution in [0.4, 0.5) is 15.8 Å². The first kappa shape index (κ1) is 22.4. The number of hydrogen-bond donors (Lipinski definition) is 2. The van der Waals surface area contributed by atoms with Gasteiger partial charge in [-0.15, -0.1) is 0 Å². The van der Waals surface area contributed by atoms with Gasteiger partial charge in [0.2, 0.25) is 15.9 Å². The smallest absolute Gasteiger partial charge is 0.244 e. The number of amides is 1. The molecule has 0 fully saturated rings. The Morgan fingerprint density at radius 3 is 2.29 bits per heavy atom. The van der Waals surface area contributed by atoms with E-state index in [1.165, 1.54) is 28.6 Å². The molecule has 2 rings (SSSR count). The molecule has 0 atom stereocenters. The average molecular weight is 448 g/mol. The number of anilines is 2. The van der Waals surface area contributed by atoms with Gasteiger partial charge in [0.25, 0.3) is 0 Å². The summed E-state index contributed by atoms with van der Waals surface area (Å²) in [6.45, 7) is 3.97. The van der Waals surface area contributed by atoms with Crippen molar-refractivity contribution < 1.29 is 17.6 Å². The third kappa shape index (κ3) is 5.35. The van der Waals surface area contributed by atoms with Gasteiger partial charge >= 0.3 is 0 Å². The maximum Gasteiger partial charge on any atom is 0.244 e. The van der Waals surface area contributed by atoms with Crippen LogP contribution in [-0.4, -0.2) is 38.3 Å². The number of carbonyl (C=O) groups is 1. The van der Waals surface area contributed by atoms with Crippen LogP contribution in [0.2, 0.25) is 10.0 Å². The maximum absolute atomic E-state index is 13.2. The van der Waals surface area contributed by atoms with Crippen molar-refractivity contribution in [3.8, 4) is 0 Å². The lowest BCUT2D eigenvalue weighted by Crippen LogP contribution is -2.31. The highest BCUT2D eigenvalue weighted by atomic mass is 35.5. The lowest BCUT2D eigenvalue weighted by atomic mass is 10.3. The molecular formula is C18H20Cl2FN3O3S. The third-order valence-corrected chi connectivity index (χ3v) is 6.73. The largest absolute Gasteiger partial charge is 0.376 e. The molecule has 0 aliphatic carbocycles. The van der Waals surface area contributed by atoms with Gasteiger partial charge in [-0.1, -0.05) is 37.0 Å². The van der Waals surface area contributed by atoms with Gasteiger partial charge in [0, 0.05) is 24.5 Å². The summed E-state index contributed by atoms with van der Waals surface area (Å²) in [5.41, 5.74) is 0.765. The molecule has 10 heteroatoms. The Kier molecular flexibility index (Phi) is 7.65. The first-order valence-corrected chi connectivity index (χ1v) is 10.7. The molecule has 0 unspecified atom stereocenters. The minimum absolute atomic E-state index is 0.0337. The molecule has 0 aliphatic heterocycles. The molecule has 152 valence electrons.